The summed E-state index contributed by atoms with van der Waals surface area (Å²) in [6.07, 6.45) is 0.476. The molecule has 1 saturated heterocycles. The predicted octanol–water partition coefficient (Wildman–Crippen LogP) is 3.65. The monoisotopic (exact) mass is 372 g/mol. The number of benzene rings is 2. The molecule has 1 amide bonds. The average molecular weight is 373 g/mol. The molecule has 1 aliphatic heterocycles. The van der Waals surface area contributed by atoms with E-state index in [2.05, 4.69) is 52.0 Å². The van der Waals surface area contributed by atoms with Crippen molar-refractivity contribution in [2.75, 3.05) is 31.1 Å². The van der Waals surface area contributed by atoms with Gasteiger partial charge in [0.15, 0.2) is 0 Å². The summed E-state index contributed by atoms with van der Waals surface area (Å²) in [4.78, 5) is 16.8. The molecule has 1 fully saturated rings. The van der Waals surface area contributed by atoms with Gasteiger partial charge in [-0.2, -0.15) is 0 Å². The number of anilines is 1. The zero-order valence-electron chi connectivity index (χ0n) is 13.3. The quantitative estimate of drug-likeness (QED) is 0.820. The van der Waals surface area contributed by atoms with Crippen molar-refractivity contribution in [1.29, 1.82) is 0 Å². The van der Waals surface area contributed by atoms with Crippen molar-refractivity contribution in [3.8, 4) is 0 Å². The van der Waals surface area contributed by atoms with Gasteiger partial charge in [-0.05, 0) is 36.2 Å². The number of halogens is 1. The fraction of sp³-hybridized carbons (Fsp3) is 0.316. The topological polar surface area (TPSA) is 23.6 Å². The van der Waals surface area contributed by atoms with Gasteiger partial charge in [-0.25, -0.2) is 0 Å². The summed E-state index contributed by atoms with van der Waals surface area (Å²) >= 11 is 3.46. The summed E-state index contributed by atoms with van der Waals surface area (Å²) in [6.45, 7) is 5.52. The molecule has 0 atom stereocenters. The highest BCUT2D eigenvalue weighted by Gasteiger charge is 2.21. The first kappa shape index (κ1) is 16.1. The Morgan fingerprint density at radius 2 is 1.78 bits per heavy atom. The summed E-state index contributed by atoms with van der Waals surface area (Å²) in [5.41, 5.74) is 3.64. The Balaban J connectivity index is 1.58. The number of rotatable bonds is 3. The highest BCUT2D eigenvalue weighted by Crippen LogP contribution is 2.21. The zero-order chi connectivity index (χ0) is 16.2. The van der Waals surface area contributed by atoms with E-state index in [-0.39, 0.29) is 5.91 Å². The van der Waals surface area contributed by atoms with Crippen molar-refractivity contribution in [3.63, 3.8) is 0 Å². The number of carbonyl (C=O) groups is 1. The van der Waals surface area contributed by atoms with Crippen molar-refractivity contribution < 1.29 is 4.79 Å². The normalized spacial score (nSPS) is 14.9. The summed E-state index contributed by atoms with van der Waals surface area (Å²) in [7, 11) is 0. The van der Waals surface area contributed by atoms with E-state index in [0.717, 1.165) is 36.2 Å². The number of carbonyl (C=O) groups excluding carboxylic acids is 1. The van der Waals surface area contributed by atoms with Crippen LogP contribution in [0.4, 0.5) is 5.69 Å². The van der Waals surface area contributed by atoms with Gasteiger partial charge in [0.25, 0.3) is 0 Å². The lowest BCUT2D eigenvalue weighted by atomic mass is 10.1. The lowest BCUT2D eigenvalue weighted by Crippen LogP contribution is -2.49. The van der Waals surface area contributed by atoms with Crippen LogP contribution in [-0.2, 0) is 11.2 Å². The van der Waals surface area contributed by atoms with E-state index in [9.17, 15) is 4.79 Å². The van der Waals surface area contributed by atoms with Gasteiger partial charge in [0.2, 0.25) is 5.91 Å². The van der Waals surface area contributed by atoms with E-state index in [0.29, 0.717) is 6.42 Å². The molecule has 2 aromatic rings. The van der Waals surface area contributed by atoms with Crippen LogP contribution in [0.5, 0.6) is 0 Å². The minimum atomic E-state index is 0.215. The molecular weight excluding hydrogens is 352 g/mol. The number of amides is 1. The molecule has 120 valence electrons. The van der Waals surface area contributed by atoms with Gasteiger partial charge in [-0.1, -0.05) is 46.3 Å². The molecular formula is C19H21BrN2O. The maximum absolute atomic E-state index is 12.5. The van der Waals surface area contributed by atoms with Gasteiger partial charge in [0.1, 0.15) is 0 Å². The van der Waals surface area contributed by atoms with Gasteiger partial charge >= 0.3 is 0 Å². The Morgan fingerprint density at radius 1 is 1.04 bits per heavy atom. The van der Waals surface area contributed by atoms with Crippen molar-refractivity contribution in [1.82, 2.24) is 4.90 Å². The molecule has 0 N–H and O–H groups in total. The Bertz CT molecular complexity index is 693. The van der Waals surface area contributed by atoms with Crippen LogP contribution in [0.2, 0.25) is 0 Å². The van der Waals surface area contributed by atoms with Crippen molar-refractivity contribution >= 4 is 27.5 Å². The standard InChI is InChI=1S/C19H21BrN2O/c1-15-5-2-3-8-18(15)21-9-11-22(12-10-21)19(23)14-16-6-4-7-17(20)13-16/h2-8,13H,9-12,14H2,1H3. The van der Waals surface area contributed by atoms with Gasteiger partial charge in [-0.3, -0.25) is 4.79 Å². The first-order valence-electron chi connectivity index (χ1n) is 7.96. The number of nitrogens with zero attached hydrogens (tertiary/aromatic N) is 2. The maximum atomic E-state index is 12.5. The second-order valence-corrected chi connectivity index (χ2v) is 6.88. The Labute approximate surface area is 146 Å². The van der Waals surface area contributed by atoms with Gasteiger partial charge in [0.05, 0.1) is 6.42 Å². The van der Waals surface area contributed by atoms with Crippen LogP contribution in [0.25, 0.3) is 0 Å². The highest BCUT2D eigenvalue weighted by atomic mass is 79.9. The van der Waals surface area contributed by atoms with E-state index >= 15 is 0 Å². The fourth-order valence-corrected chi connectivity index (χ4v) is 3.49. The molecule has 0 spiro atoms. The zero-order valence-corrected chi connectivity index (χ0v) is 14.9. The van der Waals surface area contributed by atoms with Crippen molar-refractivity contribution in [2.45, 2.75) is 13.3 Å². The SMILES string of the molecule is Cc1ccccc1N1CCN(C(=O)Cc2cccc(Br)c2)CC1. The van der Waals surface area contributed by atoms with Gasteiger partial charge < -0.3 is 9.80 Å². The second-order valence-electron chi connectivity index (χ2n) is 5.96. The maximum Gasteiger partial charge on any atom is 0.227 e. The molecule has 0 aliphatic carbocycles. The van der Waals surface area contributed by atoms with E-state index in [1.807, 2.05) is 29.2 Å². The molecule has 1 heterocycles. The molecule has 1 aliphatic rings. The summed E-state index contributed by atoms with van der Waals surface area (Å²) in [5, 5.41) is 0. The summed E-state index contributed by atoms with van der Waals surface area (Å²) in [5.74, 6) is 0.215. The lowest BCUT2D eigenvalue weighted by Gasteiger charge is -2.37. The van der Waals surface area contributed by atoms with Crippen LogP contribution in [-0.4, -0.2) is 37.0 Å². The molecule has 2 aromatic carbocycles. The number of hydrogen-bond donors (Lipinski definition) is 0. The van der Waals surface area contributed by atoms with E-state index in [4.69, 9.17) is 0 Å². The van der Waals surface area contributed by atoms with E-state index in [1.54, 1.807) is 0 Å². The Kier molecular flexibility index (Phi) is 5.01. The molecule has 0 unspecified atom stereocenters. The van der Waals surface area contributed by atoms with Gasteiger partial charge in [-0.15, -0.1) is 0 Å². The van der Waals surface area contributed by atoms with Crippen LogP contribution in [0.1, 0.15) is 11.1 Å². The predicted molar refractivity (Wildman–Crippen MR) is 97.8 cm³/mol. The molecule has 0 saturated carbocycles. The third kappa shape index (κ3) is 3.94. The molecule has 4 heteroatoms. The molecule has 0 radical (unpaired) electrons. The van der Waals surface area contributed by atoms with E-state index in [1.165, 1.54) is 11.3 Å². The summed E-state index contributed by atoms with van der Waals surface area (Å²) in [6, 6.07) is 16.4. The molecule has 0 aromatic heterocycles. The second kappa shape index (κ2) is 7.18. The third-order valence-electron chi connectivity index (χ3n) is 4.33. The minimum absolute atomic E-state index is 0.215. The molecule has 3 rings (SSSR count). The number of para-hydroxylation sites is 1. The number of piperazine rings is 1. The van der Waals surface area contributed by atoms with E-state index < -0.39 is 0 Å². The molecule has 23 heavy (non-hydrogen) atoms. The van der Waals surface area contributed by atoms with Gasteiger partial charge in [0, 0.05) is 36.3 Å². The smallest absolute Gasteiger partial charge is 0.227 e. The first-order valence-corrected chi connectivity index (χ1v) is 8.75. The third-order valence-corrected chi connectivity index (χ3v) is 4.83. The number of aryl methyl sites for hydroxylation is 1. The van der Waals surface area contributed by atoms with Crippen LogP contribution >= 0.6 is 15.9 Å². The van der Waals surface area contributed by atoms with Crippen molar-refractivity contribution in [2.24, 2.45) is 0 Å². The summed E-state index contributed by atoms with van der Waals surface area (Å²) < 4.78 is 1.02. The van der Waals surface area contributed by atoms with Crippen LogP contribution in [0.3, 0.4) is 0 Å². The highest BCUT2D eigenvalue weighted by molar-refractivity contribution is 9.10. The van der Waals surface area contributed by atoms with Crippen LogP contribution < -0.4 is 4.90 Å². The molecule has 3 nitrogen and oxygen atoms in total. The van der Waals surface area contributed by atoms with Crippen LogP contribution in [0, 0.1) is 6.92 Å². The number of hydrogen-bond acceptors (Lipinski definition) is 2. The largest absolute Gasteiger partial charge is 0.368 e. The fourth-order valence-electron chi connectivity index (χ4n) is 3.05. The average Bonchev–Trinajstić information content (AvgIpc) is 2.55. The Hall–Kier alpha value is -1.81. The molecule has 0 bridgehead atoms. The van der Waals surface area contributed by atoms with Crippen molar-refractivity contribution in [3.05, 3.63) is 64.1 Å². The minimum Gasteiger partial charge on any atom is -0.368 e. The Morgan fingerprint density at radius 3 is 2.48 bits per heavy atom. The lowest BCUT2D eigenvalue weighted by molar-refractivity contribution is -0.130. The first-order chi connectivity index (χ1) is 11.1. The van der Waals surface area contributed by atoms with Crippen LogP contribution in [0.15, 0.2) is 53.0 Å².